The summed E-state index contributed by atoms with van der Waals surface area (Å²) in [6.07, 6.45) is 3.75. The molecular weight excluding hydrogens is 633 g/mol. The van der Waals surface area contributed by atoms with Crippen molar-refractivity contribution < 1.29 is 31.9 Å². The molecule has 4 aromatic carbocycles. The van der Waals surface area contributed by atoms with Gasteiger partial charge in [0.05, 0.1) is 24.8 Å². The van der Waals surface area contributed by atoms with Crippen LogP contribution in [0.2, 0.25) is 0 Å². The van der Waals surface area contributed by atoms with E-state index in [4.69, 9.17) is 9.47 Å². The number of nitrogens with zero attached hydrogens (tertiary/aromatic N) is 2. The van der Waals surface area contributed by atoms with Crippen molar-refractivity contribution in [3.05, 3.63) is 120 Å². The van der Waals surface area contributed by atoms with E-state index in [9.17, 15) is 18.0 Å². The number of halogens is 1. The van der Waals surface area contributed by atoms with Gasteiger partial charge in [-0.15, -0.1) is 0 Å². The molecule has 1 fully saturated rings. The lowest BCUT2D eigenvalue weighted by Gasteiger charge is -2.34. The van der Waals surface area contributed by atoms with E-state index in [2.05, 4.69) is 5.32 Å². The van der Waals surface area contributed by atoms with Gasteiger partial charge >= 0.3 is 0 Å². The topological polar surface area (TPSA) is 105 Å². The van der Waals surface area contributed by atoms with Gasteiger partial charge < -0.3 is 19.7 Å². The summed E-state index contributed by atoms with van der Waals surface area (Å²) < 4.78 is 55.7. The Bertz CT molecular complexity index is 1800. The van der Waals surface area contributed by atoms with Gasteiger partial charge in [-0.25, -0.2) is 12.8 Å². The molecule has 0 unspecified atom stereocenters. The van der Waals surface area contributed by atoms with Crippen LogP contribution in [0.1, 0.15) is 36.8 Å². The van der Waals surface area contributed by atoms with E-state index in [1.807, 2.05) is 30.3 Å². The van der Waals surface area contributed by atoms with Gasteiger partial charge in [-0.2, -0.15) is 0 Å². The van der Waals surface area contributed by atoms with Gasteiger partial charge in [-0.1, -0.05) is 79.6 Å². The number of carbonyl (C=O) groups excluding carboxylic acids is 2. The van der Waals surface area contributed by atoms with Crippen LogP contribution in [0.15, 0.2) is 108 Å². The molecule has 0 aliphatic heterocycles. The molecule has 0 heterocycles. The molecule has 2 amide bonds. The third-order valence-corrected chi connectivity index (χ3v) is 10.3. The normalized spacial score (nSPS) is 13.8. The Kier molecular flexibility index (Phi) is 11.3. The summed E-state index contributed by atoms with van der Waals surface area (Å²) in [5, 5.41) is 3.11. The average molecular weight is 674 g/mol. The number of amides is 2. The number of benzene rings is 4. The molecule has 1 aliphatic carbocycles. The fourth-order valence-electron chi connectivity index (χ4n) is 5.96. The quantitative estimate of drug-likeness (QED) is 0.183. The first-order valence-electron chi connectivity index (χ1n) is 15.9. The average Bonchev–Trinajstić information content (AvgIpc) is 3.63. The lowest BCUT2D eigenvalue weighted by atomic mass is 10.0. The van der Waals surface area contributed by atoms with E-state index >= 15 is 4.39 Å². The molecule has 0 aromatic heterocycles. The maximum atomic E-state index is 15.2. The Labute approximate surface area is 281 Å². The van der Waals surface area contributed by atoms with Crippen molar-refractivity contribution in [2.45, 2.75) is 55.6 Å². The highest BCUT2D eigenvalue weighted by Crippen LogP contribution is 2.36. The van der Waals surface area contributed by atoms with Crippen LogP contribution in [0.3, 0.4) is 0 Å². The maximum absolute atomic E-state index is 15.2. The summed E-state index contributed by atoms with van der Waals surface area (Å²) in [7, 11) is -1.53. The van der Waals surface area contributed by atoms with Gasteiger partial charge in [0.15, 0.2) is 0 Å². The largest absolute Gasteiger partial charge is 0.497 e. The van der Waals surface area contributed by atoms with E-state index in [-0.39, 0.29) is 46.8 Å². The summed E-state index contributed by atoms with van der Waals surface area (Å²) >= 11 is 0. The van der Waals surface area contributed by atoms with Crippen molar-refractivity contribution >= 4 is 27.5 Å². The van der Waals surface area contributed by atoms with Crippen LogP contribution in [0.5, 0.6) is 11.5 Å². The number of hydrogen-bond acceptors (Lipinski definition) is 6. The molecule has 0 spiro atoms. The molecule has 11 heteroatoms. The zero-order valence-electron chi connectivity index (χ0n) is 27.0. The molecule has 1 aliphatic rings. The predicted octanol–water partition coefficient (Wildman–Crippen LogP) is 5.74. The van der Waals surface area contributed by atoms with Gasteiger partial charge in [0, 0.05) is 30.6 Å². The summed E-state index contributed by atoms with van der Waals surface area (Å²) in [6.45, 7) is -0.979. The van der Waals surface area contributed by atoms with E-state index < -0.39 is 34.3 Å². The van der Waals surface area contributed by atoms with Crippen LogP contribution in [0.25, 0.3) is 0 Å². The Morgan fingerprint density at radius 3 is 2.17 bits per heavy atom. The Balaban J connectivity index is 1.62. The monoisotopic (exact) mass is 673 g/mol. The first kappa shape index (κ1) is 34.4. The Morgan fingerprint density at radius 1 is 0.875 bits per heavy atom. The summed E-state index contributed by atoms with van der Waals surface area (Å²) in [6, 6.07) is 26.5. The second-order valence-electron chi connectivity index (χ2n) is 11.7. The SMILES string of the molecule is COc1ccc(OC)c(N(CC(=O)N(Cc2ccccc2F)[C@@H](Cc2ccccc2)C(=O)NC2CCCC2)S(=O)(=O)c2ccccc2)c1. The Hall–Kier alpha value is -4.90. The first-order valence-corrected chi connectivity index (χ1v) is 17.3. The number of sulfonamides is 1. The van der Waals surface area contributed by atoms with Gasteiger partial charge in [0.25, 0.3) is 10.0 Å². The maximum Gasteiger partial charge on any atom is 0.264 e. The van der Waals surface area contributed by atoms with Crippen molar-refractivity contribution in [3.8, 4) is 11.5 Å². The van der Waals surface area contributed by atoms with Crippen molar-refractivity contribution in [2.75, 3.05) is 25.1 Å². The number of hydrogen-bond donors (Lipinski definition) is 1. The second kappa shape index (κ2) is 15.8. The summed E-state index contributed by atoms with van der Waals surface area (Å²) in [5.41, 5.74) is 1.04. The fourth-order valence-corrected chi connectivity index (χ4v) is 7.39. The van der Waals surface area contributed by atoms with Crippen molar-refractivity contribution in [3.63, 3.8) is 0 Å². The minimum absolute atomic E-state index is 0.0443. The number of methoxy groups -OCH3 is 2. The molecule has 48 heavy (non-hydrogen) atoms. The third kappa shape index (κ3) is 8.14. The molecule has 4 aromatic rings. The zero-order valence-corrected chi connectivity index (χ0v) is 27.9. The predicted molar refractivity (Wildman–Crippen MR) is 182 cm³/mol. The smallest absolute Gasteiger partial charge is 0.264 e. The molecule has 1 saturated carbocycles. The van der Waals surface area contributed by atoms with Crippen LogP contribution in [-0.2, 0) is 32.6 Å². The molecular formula is C37H40FN3O6S. The third-order valence-electron chi connectivity index (χ3n) is 8.54. The van der Waals surface area contributed by atoms with Crippen molar-refractivity contribution in [1.29, 1.82) is 0 Å². The highest BCUT2D eigenvalue weighted by molar-refractivity contribution is 7.92. The van der Waals surface area contributed by atoms with Crippen LogP contribution >= 0.6 is 0 Å². The number of anilines is 1. The molecule has 0 saturated heterocycles. The standard InChI is InChI=1S/C37H40FN3O6S/c1-46-30-21-22-35(47-2)33(24-30)41(48(44,45)31-18-7-4-8-19-31)26-36(42)40(25-28-15-9-12-20-32(28)38)34(23-27-13-5-3-6-14-27)37(43)39-29-16-10-11-17-29/h3-9,12-15,18-22,24,29,34H,10-11,16-17,23,25-26H2,1-2H3,(H,39,43)/t34-/m0/s1. The van der Waals surface area contributed by atoms with Gasteiger partial charge in [-0.05, 0) is 48.7 Å². The van der Waals surface area contributed by atoms with Crippen LogP contribution in [0.4, 0.5) is 10.1 Å². The van der Waals surface area contributed by atoms with Crippen LogP contribution in [0, 0.1) is 5.82 Å². The lowest BCUT2D eigenvalue weighted by Crippen LogP contribution is -2.54. The summed E-state index contributed by atoms with van der Waals surface area (Å²) in [5.74, 6) is -1.11. The first-order chi connectivity index (χ1) is 23.2. The van der Waals surface area contributed by atoms with Crippen molar-refractivity contribution in [1.82, 2.24) is 10.2 Å². The number of carbonyl (C=O) groups is 2. The van der Waals surface area contributed by atoms with E-state index in [0.29, 0.717) is 5.75 Å². The minimum Gasteiger partial charge on any atom is -0.497 e. The number of rotatable bonds is 14. The van der Waals surface area contributed by atoms with E-state index in [0.717, 1.165) is 35.6 Å². The van der Waals surface area contributed by atoms with Gasteiger partial charge in [0.2, 0.25) is 11.8 Å². The highest BCUT2D eigenvalue weighted by atomic mass is 32.2. The molecule has 252 valence electrons. The molecule has 5 rings (SSSR count). The van der Waals surface area contributed by atoms with Gasteiger partial charge in [-0.3, -0.25) is 13.9 Å². The molecule has 0 radical (unpaired) electrons. The molecule has 9 nitrogen and oxygen atoms in total. The lowest BCUT2D eigenvalue weighted by molar-refractivity contribution is -0.140. The molecule has 1 N–H and O–H groups in total. The minimum atomic E-state index is -4.37. The fraction of sp³-hybridized carbons (Fsp3) is 0.297. The highest BCUT2D eigenvalue weighted by Gasteiger charge is 2.36. The van der Waals surface area contributed by atoms with E-state index in [1.54, 1.807) is 48.5 Å². The number of nitrogens with one attached hydrogen (secondary N) is 1. The Morgan fingerprint density at radius 2 is 1.52 bits per heavy atom. The van der Waals surface area contributed by atoms with E-state index in [1.165, 1.54) is 43.4 Å². The molecule has 0 bridgehead atoms. The second-order valence-corrected chi connectivity index (χ2v) is 13.5. The van der Waals surface area contributed by atoms with Crippen LogP contribution in [-0.4, -0.2) is 58.0 Å². The van der Waals surface area contributed by atoms with Gasteiger partial charge in [0.1, 0.15) is 29.9 Å². The zero-order chi connectivity index (χ0) is 34.1. The summed E-state index contributed by atoms with van der Waals surface area (Å²) in [4.78, 5) is 30.0. The number of ether oxygens (including phenoxy) is 2. The van der Waals surface area contributed by atoms with Crippen LogP contribution < -0.4 is 19.1 Å². The van der Waals surface area contributed by atoms with Crippen molar-refractivity contribution in [2.24, 2.45) is 0 Å². The molecule has 1 atom stereocenters.